The second kappa shape index (κ2) is 6.42. The van der Waals surface area contributed by atoms with Gasteiger partial charge < -0.3 is 10.6 Å². The molecule has 9 heteroatoms. The van der Waals surface area contributed by atoms with Crippen LogP contribution in [0.3, 0.4) is 0 Å². The molecule has 2 heterocycles. The summed E-state index contributed by atoms with van der Waals surface area (Å²) in [4.78, 5) is 8.92. The number of benzene rings is 2. The first-order valence-electron chi connectivity index (χ1n) is 6.78. The van der Waals surface area contributed by atoms with Gasteiger partial charge in [-0.05, 0) is 36.5 Å². The van der Waals surface area contributed by atoms with Crippen molar-refractivity contribution in [1.82, 2.24) is 9.97 Å². The molecule has 0 atom stereocenters. The van der Waals surface area contributed by atoms with E-state index in [1.54, 1.807) is 0 Å². The molecule has 0 aliphatic rings. The van der Waals surface area contributed by atoms with Crippen LogP contribution in [0.5, 0.6) is 0 Å². The van der Waals surface area contributed by atoms with Crippen LogP contribution in [-0.4, -0.2) is 15.1 Å². The van der Waals surface area contributed by atoms with Crippen molar-refractivity contribution in [1.29, 1.82) is 0 Å². The maximum Gasteiger partial charge on any atom is 0.190 e. The average molecular weight is 411 g/mol. The van der Waals surface area contributed by atoms with E-state index < -0.39 is 0 Å². The molecular weight excluding hydrogens is 403 g/mol. The molecule has 4 rings (SSSR count). The summed E-state index contributed by atoms with van der Waals surface area (Å²) in [7, 11) is 0. The molecule has 0 fully saturated rings. The number of hydrogen-bond donors (Lipinski definition) is 2. The Hall–Kier alpha value is -1.51. The highest BCUT2D eigenvalue weighted by Gasteiger charge is 2.11. The molecule has 2 N–H and O–H groups in total. The standard InChI is InChI=1S/C15H8Cl2N4S3/c16-7-3-1-5-9-11(7)18-14(23-9)20-13(22)21-15-19-12-8(17)4-2-6-10(12)24-15/h1-6H,(H2,18,19,20,21,22). The first kappa shape index (κ1) is 16.0. The smallest absolute Gasteiger partial charge is 0.190 e. The molecule has 0 bridgehead atoms. The van der Waals surface area contributed by atoms with Crippen molar-refractivity contribution < 1.29 is 0 Å². The van der Waals surface area contributed by atoms with E-state index in [2.05, 4.69) is 20.6 Å². The maximum absolute atomic E-state index is 6.14. The molecule has 2 aromatic carbocycles. The summed E-state index contributed by atoms with van der Waals surface area (Å²) in [5, 5.41) is 9.15. The van der Waals surface area contributed by atoms with Gasteiger partial charge in [0.25, 0.3) is 0 Å². The summed E-state index contributed by atoms with van der Waals surface area (Å²) in [6, 6.07) is 11.4. The molecule has 0 spiro atoms. The second-order valence-electron chi connectivity index (χ2n) is 4.79. The minimum Gasteiger partial charge on any atom is -0.308 e. The molecule has 0 unspecified atom stereocenters. The molecule has 0 amide bonds. The van der Waals surface area contributed by atoms with Crippen molar-refractivity contribution in [3.05, 3.63) is 46.4 Å². The highest BCUT2D eigenvalue weighted by atomic mass is 35.5. The average Bonchev–Trinajstić information content (AvgIpc) is 3.12. The first-order valence-corrected chi connectivity index (χ1v) is 9.58. The van der Waals surface area contributed by atoms with Gasteiger partial charge in [-0.3, -0.25) is 0 Å². The number of rotatable bonds is 2. The molecule has 0 saturated heterocycles. The van der Waals surface area contributed by atoms with E-state index in [0.717, 1.165) is 20.4 Å². The number of anilines is 2. The number of thiocarbonyl (C=S) groups is 1. The van der Waals surface area contributed by atoms with Crippen LogP contribution in [0.15, 0.2) is 36.4 Å². The molecule has 4 aromatic rings. The third-order valence-corrected chi connectivity index (χ3v) is 5.87. The minimum atomic E-state index is 0.417. The summed E-state index contributed by atoms with van der Waals surface area (Å²) < 4.78 is 2.00. The molecular formula is C15H8Cl2N4S3. The van der Waals surface area contributed by atoms with Gasteiger partial charge in [0.2, 0.25) is 0 Å². The third-order valence-electron chi connectivity index (χ3n) is 3.18. The van der Waals surface area contributed by atoms with Gasteiger partial charge in [0.1, 0.15) is 11.0 Å². The van der Waals surface area contributed by atoms with Crippen LogP contribution < -0.4 is 10.6 Å². The zero-order chi connectivity index (χ0) is 16.7. The maximum atomic E-state index is 6.14. The highest BCUT2D eigenvalue weighted by Crippen LogP contribution is 2.32. The Morgan fingerprint density at radius 1 is 0.833 bits per heavy atom. The number of para-hydroxylation sites is 2. The van der Waals surface area contributed by atoms with Gasteiger partial charge in [0.15, 0.2) is 15.4 Å². The van der Waals surface area contributed by atoms with Gasteiger partial charge in [-0.25, -0.2) is 9.97 Å². The van der Waals surface area contributed by atoms with Crippen LogP contribution in [0, 0.1) is 0 Å². The van der Waals surface area contributed by atoms with E-state index in [1.807, 2.05) is 36.4 Å². The summed E-state index contributed by atoms with van der Waals surface area (Å²) in [5.41, 5.74) is 1.53. The second-order valence-corrected chi connectivity index (χ2v) is 8.07. The van der Waals surface area contributed by atoms with E-state index in [-0.39, 0.29) is 0 Å². The van der Waals surface area contributed by atoms with Gasteiger partial charge in [0, 0.05) is 0 Å². The summed E-state index contributed by atoms with van der Waals surface area (Å²) in [5.74, 6) is 0. The number of fused-ring (bicyclic) bond motifs is 2. The molecule has 2 aromatic heterocycles. The zero-order valence-electron chi connectivity index (χ0n) is 11.8. The lowest BCUT2D eigenvalue weighted by Crippen LogP contribution is -2.18. The van der Waals surface area contributed by atoms with Crippen LogP contribution >= 0.6 is 58.1 Å². The Balaban J connectivity index is 1.54. The van der Waals surface area contributed by atoms with Gasteiger partial charge >= 0.3 is 0 Å². The first-order chi connectivity index (χ1) is 11.6. The van der Waals surface area contributed by atoms with E-state index in [0.29, 0.717) is 25.4 Å². The Labute approximate surface area is 160 Å². The Kier molecular flexibility index (Phi) is 4.28. The minimum absolute atomic E-state index is 0.417. The van der Waals surface area contributed by atoms with Gasteiger partial charge in [-0.2, -0.15) is 0 Å². The molecule has 0 radical (unpaired) electrons. The van der Waals surface area contributed by atoms with Crippen molar-refractivity contribution in [2.24, 2.45) is 0 Å². The van der Waals surface area contributed by atoms with Gasteiger partial charge in [-0.1, -0.05) is 58.0 Å². The summed E-state index contributed by atoms with van der Waals surface area (Å²) in [6.07, 6.45) is 0. The molecule has 4 nitrogen and oxygen atoms in total. The SMILES string of the molecule is S=C(Nc1nc2c(Cl)cccc2s1)Nc1nc2c(Cl)cccc2s1. The van der Waals surface area contributed by atoms with E-state index in [1.165, 1.54) is 22.7 Å². The fourth-order valence-corrected chi connectivity index (χ4v) is 4.82. The summed E-state index contributed by atoms with van der Waals surface area (Å²) >= 11 is 20.6. The lowest BCUT2D eigenvalue weighted by Gasteiger charge is -2.04. The lowest BCUT2D eigenvalue weighted by molar-refractivity contribution is 1.45. The van der Waals surface area contributed by atoms with Gasteiger partial charge in [-0.15, -0.1) is 0 Å². The van der Waals surface area contributed by atoms with Crippen LogP contribution in [0.2, 0.25) is 10.0 Å². The number of nitrogens with zero attached hydrogens (tertiary/aromatic N) is 2. The zero-order valence-corrected chi connectivity index (χ0v) is 15.8. The molecule has 0 aliphatic carbocycles. The van der Waals surface area contributed by atoms with Crippen molar-refractivity contribution >= 4 is 93.9 Å². The quantitative estimate of drug-likeness (QED) is 0.395. The number of aromatic nitrogens is 2. The molecule has 0 saturated carbocycles. The molecule has 120 valence electrons. The van der Waals surface area contributed by atoms with Crippen molar-refractivity contribution in [2.45, 2.75) is 0 Å². The van der Waals surface area contributed by atoms with Gasteiger partial charge in [0.05, 0.1) is 19.4 Å². The monoisotopic (exact) mass is 410 g/mol. The van der Waals surface area contributed by atoms with E-state index in [4.69, 9.17) is 35.4 Å². The molecule has 0 aliphatic heterocycles. The predicted octanol–water partition coefficient (Wildman–Crippen LogP) is 6.02. The van der Waals surface area contributed by atoms with Crippen LogP contribution in [0.1, 0.15) is 0 Å². The van der Waals surface area contributed by atoms with Crippen LogP contribution in [-0.2, 0) is 0 Å². The van der Waals surface area contributed by atoms with E-state index >= 15 is 0 Å². The Morgan fingerprint density at radius 3 is 1.71 bits per heavy atom. The molecule has 24 heavy (non-hydrogen) atoms. The topological polar surface area (TPSA) is 49.8 Å². The van der Waals surface area contributed by atoms with Crippen molar-refractivity contribution in [3.8, 4) is 0 Å². The largest absolute Gasteiger partial charge is 0.308 e. The number of thiazole rings is 2. The van der Waals surface area contributed by atoms with Crippen LogP contribution in [0.25, 0.3) is 20.4 Å². The van der Waals surface area contributed by atoms with E-state index in [9.17, 15) is 0 Å². The fourth-order valence-electron chi connectivity index (χ4n) is 2.16. The summed E-state index contributed by atoms with van der Waals surface area (Å²) in [6.45, 7) is 0. The Bertz CT molecular complexity index is 989. The fraction of sp³-hybridized carbons (Fsp3) is 0. The lowest BCUT2D eigenvalue weighted by atomic mass is 10.3. The Morgan fingerprint density at radius 2 is 1.29 bits per heavy atom. The highest BCUT2D eigenvalue weighted by molar-refractivity contribution is 7.80. The van der Waals surface area contributed by atoms with Crippen molar-refractivity contribution in [2.75, 3.05) is 10.6 Å². The van der Waals surface area contributed by atoms with Crippen molar-refractivity contribution in [3.63, 3.8) is 0 Å². The number of nitrogens with one attached hydrogen (secondary N) is 2. The normalized spacial score (nSPS) is 11.1. The third kappa shape index (κ3) is 3.05. The predicted molar refractivity (Wildman–Crippen MR) is 109 cm³/mol. The number of hydrogen-bond acceptors (Lipinski definition) is 5. The number of halogens is 2. The van der Waals surface area contributed by atoms with Crippen LogP contribution in [0.4, 0.5) is 10.3 Å².